The van der Waals surface area contributed by atoms with E-state index in [1.54, 1.807) is 24.2 Å². The Morgan fingerprint density at radius 1 is 0.868 bits per heavy atom. The van der Waals surface area contributed by atoms with Crippen molar-refractivity contribution in [2.24, 2.45) is 0 Å². The highest BCUT2D eigenvalue weighted by molar-refractivity contribution is 6.01. The van der Waals surface area contributed by atoms with E-state index in [-0.39, 0.29) is 11.5 Å². The fraction of sp³-hybridized carbons (Fsp3) is 0.188. The number of hydrogen-bond donors (Lipinski definition) is 0. The van der Waals surface area contributed by atoms with Gasteiger partial charge in [-0.2, -0.15) is 5.26 Å². The smallest absolute Gasteiger partial charge is 0.264 e. The Kier molecular flexibility index (Phi) is 7.56. The van der Waals surface area contributed by atoms with Crippen molar-refractivity contribution in [3.05, 3.63) is 108 Å². The molecule has 1 fully saturated rings. The van der Waals surface area contributed by atoms with E-state index >= 15 is 0 Å². The maximum absolute atomic E-state index is 13.1. The fourth-order valence-corrected chi connectivity index (χ4v) is 4.67. The lowest BCUT2D eigenvalue weighted by atomic mass is 10.1. The van der Waals surface area contributed by atoms with E-state index in [0.29, 0.717) is 36.8 Å². The van der Waals surface area contributed by atoms with Crippen LogP contribution in [0.2, 0.25) is 0 Å². The summed E-state index contributed by atoms with van der Waals surface area (Å²) in [6.07, 6.45) is 1.61. The maximum Gasteiger partial charge on any atom is 0.264 e. The van der Waals surface area contributed by atoms with Gasteiger partial charge in [0.15, 0.2) is 11.5 Å². The van der Waals surface area contributed by atoms with Crippen LogP contribution in [0.4, 0.5) is 5.69 Å². The van der Waals surface area contributed by atoms with Crippen LogP contribution in [0.3, 0.4) is 0 Å². The molecule has 1 amide bonds. The third-order valence-corrected chi connectivity index (χ3v) is 6.75. The van der Waals surface area contributed by atoms with Crippen LogP contribution in [0.1, 0.15) is 11.1 Å². The van der Waals surface area contributed by atoms with Gasteiger partial charge in [-0.3, -0.25) is 4.79 Å². The van der Waals surface area contributed by atoms with Gasteiger partial charge in [-0.15, -0.1) is 0 Å². The summed E-state index contributed by atoms with van der Waals surface area (Å²) in [6, 6.07) is 32.1. The summed E-state index contributed by atoms with van der Waals surface area (Å²) < 4.78 is 11.6. The van der Waals surface area contributed by atoms with E-state index in [0.717, 1.165) is 29.7 Å². The minimum absolute atomic E-state index is 0.102. The summed E-state index contributed by atoms with van der Waals surface area (Å²) in [6.45, 7) is 2.99. The van der Waals surface area contributed by atoms with Crippen molar-refractivity contribution in [1.82, 2.24) is 4.90 Å². The number of anilines is 1. The summed E-state index contributed by atoms with van der Waals surface area (Å²) >= 11 is 0. The second-order valence-electron chi connectivity index (χ2n) is 9.17. The number of benzene rings is 4. The van der Waals surface area contributed by atoms with Crippen LogP contribution in [0.5, 0.6) is 11.5 Å². The van der Waals surface area contributed by atoms with Gasteiger partial charge in [-0.25, -0.2) is 0 Å². The number of ether oxygens (including phenoxy) is 2. The molecule has 0 atom stereocenters. The highest BCUT2D eigenvalue weighted by Gasteiger charge is 2.24. The number of amides is 1. The van der Waals surface area contributed by atoms with Gasteiger partial charge in [0, 0.05) is 31.9 Å². The Morgan fingerprint density at radius 3 is 2.34 bits per heavy atom. The summed E-state index contributed by atoms with van der Waals surface area (Å²) in [5.41, 5.74) is 3.00. The average molecular weight is 504 g/mol. The zero-order valence-corrected chi connectivity index (χ0v) is 21.3. The highest BCUT2D eigenvalue weighted by Crippen LogP contribution is 2.30. The Hall–Kier alpha value is -4.76. The molecule has 4 aromatic rings. The molecule has 0 bridgehead atoms. The lowest BCUT2D eigenvalue weighted by molar-refractivity contribution is -0.126. The first-order chi connectivity index (χ1) is 18.6. The lowest BCUT2D eigenvalue weighted by Gasteiger charge is -2.36. The molecular weight excluding hydrogens is 474 g/mol. The number of hydrogen-bond acceptors (Lipinski definition) is 5. The standard InChI is InChI=1S/C32H29N3O3/c1-37-31-21-24(12-14-30(31)38-23-25-11-13-26-7-5-6-8-27(26)20-25)19-28(22-33)32(36)35-17-15-34(16-18-35)29-9-3-2-4-10-29/h2-14,19-21H,15-18,23H2,1H3/b28-19-. The van der Waals surface area contributed by atoms with Crippen LogP contribution in [0.25, 0.3) is 16.8 Å². The van der Waals surface area contributed by atoms with Gasteiger partial charge in [0.2, 0.25) is 0 Å². The number of methoxy groups -OCH3 is 1. The number of rotatable bonds is 7. The molecule has 0 N–H and O–H groups in total. The highest BCUT2D eigenvalue weighted by atomic mass is 16.5. The molecule has 0 radical (unpaired) electrons. The van der Waals surface area contributed by atoms with E-state index in [9.17, 15) is 10.1 Å². The molecule has 1 heterocycles. The minimum Gasteiger partial charge on any atom is -0.493 e. The SMILES string of the molecule is COc1cc(/C=C(/C#N)C(=O)N2CCN(c3ccccc3)CC2)ccc1OCc1ccc2ccccc2c1. The van der Waals surface area contributed by atoms with E-state index in [1.807, 2.05) is 42.5 Å². The van der Waals surface area contributed by atoms with Crippen molar-refractivity contribution in [2.75, 3.05) is 38.2 Å². The van der Waals surface area contributed by atoms with Crippen molar-refractivity contribution < 1.29 is 14.3 Å². The van der Waals surface area contributed by atoms with Crippen LogP contribution in [0, 0.1) is 11.3 Å². The van der Waals surface area contributed by atoms with Gasteiger partial charge in [0.1, 0.15) is 18.2 Å². The van der Waals surface area contributed by atoms with Crippen molar-refractivity contribution >= 4 is 28.4 Å². The normalized spacial score (nSPS) is 13.7. The fourth-order valence-electron chi connectivity index (χ4n) is 4.67. The number of nitrogens with zero attached hydrogens (tertiary/aromatic N) is 3. The molecule has 38 heavy (non-hydrogen) atoms. The first-order valence-electron chi connectivity index (χ1n) is 12.6. The predicted molar refractivity (Wildman–Crippen MR) is 150 cm³/mol. The average Bonchev–Trinajstić information content (AvgIpc) is 2.99. The van der Waals surface area contributed by atoms with E-state index in [1.165, 1.54) is 5.39 Å². The van der Waals surface area contributed by atoms with Gasteiger partial charge in [-0.1, -0.05) is 60.7 Å². The largest absolute Gasteiger partial charge is 0.493 e. The molecule has 0 unspecified atom stereocenters. The molecule has 1 aliphatic rings. The molecule has 0 spiro atoms. The monoisotopic (exact) mass is 503 g/mol. The molecule has 0 saturated carbocycles. The zero-order valence-electron chi connectivity index (χ0n) is 21.3. The third kappa shape index (κ3) is 5.63. The van der Waals surface area contributed by atoms with E-state index in [2.05, 4.69) is 53.4 Å². The van der Waals surface area contributed by atoms with Gasteiger partial charge in [-0.05, 0) is 58.3 Å². The van der Waals surface area contributed by atoms with Crippen LogP contribution >= 0.6 is 0 Å². The molecule has 0 aliphatic carbocycles. The van der Waals surface area contributed by atoms with Crippen molar-refractivity contribution in [2.45, 2.75) is 6.61 Å². The first-order valence-corrected chi connectivity index (χ1v) is 12.6. The molecule has 190 valence electrons. The molecule has 1 aliphatic heterocycles. The van der Waals surface area contributed by atoms with Crippen LogP contribution in [0.15, 0.2) is 96.6 Å². The van der Waals surface area contributed by atoms with Gasteiger partial charge in [0.25, 0.3) is 5.91 Å². The zero-order chi connectivity index (χ0) is 26.3. The number of carbonyl (C=O) groups is 1. The van der Waals surface area contributed by atoms with Gasteiger partial charge >= 0.3 is 0 Å². The number of nitriles is 1. The van der Waals surface area contributed by atoms with E-state index < -0.39 is 0 Å². The van der Waals surface area contributed by atoms with Crippen LogP contribution < -0.4 is 14.4 Å². The number of carbonyl (C=O) groups excluding carboxylic acids is 1. The van der Waals surface area contributed by atoms with Crippen molar-refractivity contribution in [3.8, 4) is 17.6 Å². The number of piperazine rings is 1. The van der Waals surface area contributed by atoms with Crippen LogP contribution in [-0.4, -0.2) is 44.1 Å². The second kappa shape index (κ2) is 11.5. The summed E-state index contributed by atoms with van der Waals surface area (Å²) in [4.78, 5) is 17.1. The molecule has 4 aromatic carbocycles. The quantitative estimate of drug-likeness (QED) is 0.240. The van der Waals surface area contributed by atoms with Crippen LogP contribution in [-0.2, 0) is 11.4 Å². The molecule has 0 aromatic heterocycles. The Balaban J connectivity index is 1.25. The number of para-hydroxylation sites is 1. The Morgan fingerprint density at radius 2 is 1.61 bits per heavy atom. The summed E-state index contributed by atoms with van der Waals surface area (Å²) in [5, 5.41) is 12.1. The Bertz CT molecular complexity index is 1500. The Labute approximate surface area is 222 Å². The van der Waals surface area contributed by atoms with Gasteiger partial charge in [0.05, 0.1) is 7.11 Å². The summed E-state index contributed by atoms with van der Waals surface area (Å²) in [5.74, 6) is 0.885. The van der Waals surface area contributed by atoms with E-state index in [4.69, 9.17) is 9.47 Å². The van der Waals surface area contributed by atoms with Gasteiger partial charge < -0.3 is 19.3 Å². The molecule has 5 rings (SSSR count). The first kappa shape index (κ1) is 24.9. The molecule has 6 heteroatoms. The predicted octanol–water partition coefficient (Wildman–Crippen LogP) is 5.68. The van der Waals surface area contributed by atoms with Crippen molar-refractivity contribution in [3.63, 3.8) is 0 Å². The molecule has 6 nitrogen and oxygen atoms in total. The number of fused-ring (bicyclic) bond motifs is 1. The van der Waals surface area contributed by atoms with Crippen molar-refractivity contribution in [1.29, 1.82) is 5.26 Å². The molecular formula is C32H29N3O3. The maximum atomic E-state index is 13.1. The lowest BCUT2D eigenvalue weighted by Crippen LogP contribution is -2.49. The third-order valence-electron chi connectivity index (χ3n) is 6.75. The minimum atomic E-state index is -0.254. The second-order valence-corrected chi connectivity index (χ2v) is 9.17. The topological polar surface area (TPSA) is 65.8 Å². The molecule has 1 saturated heterocycles. The summed E-state index contributed by atoms with van der Waals surface area (Å²) in [7, 11) is 1.58.